The Balaban J connectivity index is 2.19. The SMILES string of the molecule is O=S(=O)(NCc1cc(F)ccc1F)c1cccc(Cl)c1. The van der Waals surface area contributed by atoms with Crippen LogP contribution in [0.2, 0.25) is 5.02 Å². The first-order valence-electron chi connectivity index (χ1n) is 5.58. The third kappa shape index (κ3) is 3.53. The van der Waals surface area contributed by atoms with Crippen LogP contribution in [0.25, 0.3) is 0 Å². The molecule has 7 heteroatoms. The molecule has 0 saturated carbocycles. The summed E-state index contributed by atoms with van der Waals surface area (Å²) in [4.78, 5) is -0.0400. The molecule has 0 spiro atoms. The molecule has 0 unspecified atom stereocenters. The van der Waals surface area contributed by atoms with E-state index in [1.165, 1.54) is 24.3 Å². The second-order valence-electron chi connectivity index (χ2n) is 4.02. The molecule has 0 radical (unpaired) electrons. The van der Waals surface area contributed by atoms with Crippen LogP contribution >= 0.6 is 11.6 Å². The summed E-state index contributed by atoms with van der Waals surface area (Å²) in [6.07, 6.45) is 0. The minimum absolute atomic E-state index is 0.0400. The average molecular weight is 318 g/mol. The first kappa shape index (κ1) is 14.9. The van der Waals surface area contributed by atoms with Gasteiger partial charge in [0.25, 0.3) is 0 Å². The first-order valence-corrected chi connectivity index (χ1v) is 7.44. The van der Waals surface area contributed by atoms with Crippen LogP contribution < -0.4 is 4.72 Å². The molecular formula is C13H10ClF2NO2S. The van der Waals surface area contributed by atoms with Crippen molar-refractivity contribution in [3.63, 3.8) is 0 Å². The Labute approximate surface area is 120 Å². The van der Waals surface area contributed by atoms with Gasteiger partial charge in [-0.1, -0.05) is 17.7 Å². The van der Waals surface area contributed by atoms with Crippen molar-refractivity contribution in [3.8, 4) is 0 Å². The van der Waals surface area contributed by atoms with Gasteiger partial charge in [0.1, 0.15) is 11.6 Å². The minimum Gasteiger partial charge on any atom is -0.207 e. The molecule has 3 nitrogen and oxygen atoms in total. The van der Waals surface area contributed by atoms with Crippen LogP contribution in [0.15, 0.2) is 47.4 Å². The van der Waals surface area contributed by atoms with Crippen molar-refractivity contribution >= 4 is 21.6 Å². The zero-order valence-corrected chi connectivity index (χ0v) is 11.7. The van der Waals surface area contributed by atoms with Crippen LogP contribution in [0.3, 0.4) is 0 Å². The lowest BCUT2D eigenvalue weighted by Gasteiger charge is -2.08. The highest BCUT2D eigenvalue weighted by molar-refractivity contribution is 7.89. The van der Waals surface area contributed by atoms with E-state index in [0.717, 1.165) is 18.2 Å². The average Bonchev–Trinajstić information content (AvgIpc) is 2.40. The van der Waals surface area contributed by atoms with Gasteiger partial charge >= 0.3 is 0 Å². The van der Waals surface area contributed by atoms with Gasteiger partial charge in [0.05, 0.1) is 4.90 Å². The van der Waals surface area contributed by atoms with Gasteiger partial charge in [-0.25, -0.2) is 21.9 Å². The summed E-state index contributed by atoms with van der Waals surface area (Å²) in [5, 5.41) is 0.268. The molecule has 0 atom stereocenters. The molecule has 106 valence electrons. The topological polar surface area (TPSA) is 46.2 Å². The number of nitrogens with one attached hydrogen (secondary N) is 1. The van der Waals surface area contributed by atoms with E-state index in [-0.39, 0.29) is 22.0 Å². The van der Waals surface area contributed by atoms with Gasteiger partial charge in [0.15, 0.2) is 0 Å². The highest BCUT2D eigenvalue weighted by Crippen LogP contribution is 2.16. The number of rotatable bonds is 4. The molecule has 2 aromatic rings. The van der Waals surface area contributed by atoms with Crippen LogP contribution in [0, 0.1) is 11.6 Å². The van der Waals surface area contributed by atoms with Crippen molar-refractivity contribution in [1.82, 2.24) is 4.72 Å². The van der Waals surface area contributed by atoms with Gasteiger partial charge in [-0.15, -0.1) is 0 Å². The molecule has 1 N–H and O–H groups in total. The lowest BCUT2D eigenvalue weighted by atomic mass is 10.2. The van der Waals surface area contributed by atoms with Crippen LogP contribution in [-0.4, -0.2) is 8.42 Å². The Morgan fingerprint density at radius 3 is 2.55 bits per heavy atom. The smallest absolute Gasteiger partial charge is 0.207 e. The Morgan fingerprint density at radius 2 is 1.85 bits per heavy atom. The molecule has 0 aliphatic heterocycles. The molecule has 0 bridgehead atoms. The summed E-state index contributed by atoms with van der Waals surface area (Å²) >= 11 is 5.71. The summed E-state index contributed by atoms with van der Waals surface area (Å²) in [5.74, 6) is -1.32. The van der Waals surface area contributed by atoms with Gasteiger partial charge in [0.2, 0.25) is 10.0 Å². The second-order valence-corrected chi connectivity index (χ2v) is 6.22. The number of halogens is 3. The fraction of sp³-hybridized carbons (Fsp3) is 0.0769. The number of hydrogen-bond donors (Lipinski definition) is 1. The molecule has 0 aliphatic carbocycles. The van der Waals surface area contributed by atoms with Crippen LogP contribution in [0.5, 0.6) is 0 Å². The Morgan fingerprint density at radius 1 is 1.10 bits per heavy atom. The first-order chi connectivity index (χ1) is 9.38. The summed E-state index contributed by atoms with van der Waals surface area (Å²) in [5.41, 5.74) is -0.0735. The van der Waals surface area contributed by atoms with E-state index in [9.17, 15) is 17.2 Å². The van der Waals surface area contributed by atoms with E-state index in [1.54, 1.807) is 0 Å². The van der Waals surface area contributed by atoms with Crippen LogP contribution in [0.1, 0.15) is 5.56 Å². The van der Waals surface area contributed by atoms with Crippen molar-refractivity contribution in [2.24, 2.45) is 0 Å². The Kier molecular flexibility index (Phi) is 4.37. The van der Waals surface area contributed by atoms with E-state index in [1.807, 2.05) is 0 Å². The highest BCUT2D eigenvalue weighted by Gasteiger charge is 2.15. The Bertz CT molecular complexity index is 735. The van der Waals surface area contributed by atoms with Gasteiger partial charge in [0, 0.05) is 17.1 Å². The van der Waals surface area contributed by atoms with E-state index in [4.69, 9.17) is 11.6 Å². The van der Waals surface area contributed by atoms with Crippen LogP contribution in [0.4, 0.5) is 8.78 Å². The summed E-state index contributed by atoms with van der Waals surface area (Å²) in [6.45, 7) is -0.349. The zero-order chi connectivity index (χ0) is 14.8. The molecule has 0 fully saturated rings. The molecule has 20 heavy (non-hydrogen) atoms. The van der Waals surface area contributed by atoms with Gasteiger partial charge in [-0.2, -0.15) is 0 Å². The summed E-state index contributed by atoms with van der Waals surface area (Å²) in [6, 6.07) is 8.49. The van der Waals surface area contributed by atoms with E-state index < -0.39 is 21.7 Å². The maximum Gasteiger partial charge on any atom is 0.240 e. The molecule has 0 aliphatic rings. The normalized spacial score (nSPS) is 11.6. The predicted molar refractivity (Wildman–Crippen MR) is 71.8 cm³/mol. The van der Waals surface area contributed by atoms with Gasteiger partial charge < -0.3 is 0 Å². The van der Waals surface area contributed by atoms with E-state index in [0.29, 0.717) is 0 Å². The lowest BCUT2D eigenvalue weighted by Crippen LogP contribution is -2.23. The highest BCUT2D eigenvalue weighted by atomic mass is 35.5. The van der Waals surface area contributed by atoms with Gasteiger partial charge in [-0.05, 0) is 36.4 Å². The molecule has 0 amide bonds. The fourth-order valence-corrected chi connectivity index (χ4v) is 2.88. The maximum atomic E-state index is 13.4. The minimum atomic E-state index is -3.83. The fourth-order valence-electron chi connectivity index (χ4n) is 1.57. The third-order valence-electron chi connectivity index (χ3n) is 2.57. The maximum absolute atomic E-state index is 13.4. The largest absolute Gasteiger partial charge is 0.240 e. The van der Waals surface area contributed by atoms with Crippen molar-refractivity contribution in [2.75, 3.05) is 0 Å². The zero-order valence-electron chi connectivity index (χ0n) is 10.1. The Hall–Kier alpha value is -1.50. The van der Waals surface area contributed by atoms with Crippen molar-refractivity contribution in [1.29, 1.82) is 0 Å². The van der Waals surface area contributed by atoms with Crippen molar-refractivity contribution < 1.29 is 17.2 Å². The van der Waals surface area contributed by atoms with E-state index in [2.05, 4.69) is 4.72 Å². The lowest BCUT2D eigenvalue weighted by molar-refractivity contribution is 0.567. The molecule has 2 rings (SSSR count). The number of hydrogen-bond acceptors (Lipinski definition) is 2. The predicted octanol–water partition coefficient (Wildman–Crippen LogP) is 3.10. The quantitative estimate of drug-likeness (QED) is 0.942. The second kappa shape index (κ2) is 5.87. The van der Waals surface area contributed by atoms with Gasteiger partial charge in [-0.3, -0.25) is 0 Å². The molecule has 2 aromatic carbocycles. The molecule has 0 heterocycles. The standard InChI is InChI=1S/C13H10ClF2NO2S/c14-10-2-1-3-12(7-10)20(18,19)17-8-9-6-11(15)4-5-13(9)16/h1-7,17H,8H2. The van der Waals surface area contributed by atoms with E-state index >= 15 is 0 Å². The monoisotopic (exact) mass is 317 g/mol. The van der Waals surface area contributed by atoms with Crippen molar-refractivity contribution in [2.45, 2.75) is 11.4 Å². The summed E-state index contributed by atoms with van der Waals surface area (Å²) in [7, 11) is -3.83. The molecule has 0 saturated heterocycles. The third-order valence-corrected chi connectivity index (χ3v) is 4.20. The van der Waals surface area contributed by atoms with Crippen molar-refractivity contribution in [3.05, 3.63) is 64.7 Å². The van der Waals surface area contributed by atoms with Crippen LogP contribution in [-0.2, 0) is 16.6 Å². The molecular weight excluding hydrogens is 308 g/mol. The number of benzene rings is 2. The summed E-state index contributed by atoms with van der Waals surface area (Å²) < 4.78 is 52.5. The molecule has 0 aromatic heterocycles. The number of sulfonamides is 1.